The summed E-state index contributed by atoms with van der Waals surface area (Å²) >= 11 is 0. The number of amides is 1. The molecule has 0 saturated carbocycles. The van der Waals surface area contributed by atoms with Gasteiger partial charge < -0.3 is 14.5 Å². The molecule has 0 saturated heterocycles. The Hall–Kier alpha value is -2.56. The van der Waals surface area contributed by atoms with Crippen LogP contribution in [-0.2, 0) is 11.4 Å². The Balaban J connectivity index is 1.89. The van der Waals surface area contributed by atoms with E-state index < -0.39 is 11.3 Å². The molecule has 1 amide bonds. The van der Waals surface area contributed by atoms with Crippen LogP contribution in [0.4, 0.5) is 0 Å². The molecule has 5 heteroatoms. The molecule has 2 aromatic rings. The summed E-state index contributed by atoms with van der Waals surface area (Å²) in [7, 11) is 0. The van der Waals surface area contributed by atoms with E-state index in [-0.39, 0.29) is 24.7 Å². The zero-order valence-corrected chi connectivity index (χ0v) is 14.5. The van der Waals surface area contributed by atoms with Crippen molar-refractivity contribution in [1.82, 2.24) is 5.32 Å². The fourth-order valence-electron chi connectivity index (χ4n) is 1.96. The molecule has 0 aliphatic heterocycles. The first-order valence-electron chi connectivity index (χ1n) is 7.86. The SMILES string of the molecule is Cc1ccccc1OCc1ccc(C(=O)NCC(=O)C(C)(C)C)o1. The van der Waals surface area contributed by atoms with Gasteiger partial charge in [0.2, 0.25) is 0 Å². The monoisotopic (exact) mass is 329 g/mol. The van der Waals surface area contributed by atoms with E-state index in [0.29, 0.717) is 5.76 Å². The van der Waals surface area contributed by atoms with Crippen LogP contribution in [-0.4, -0.2) is 18.2 Å². The molecule has 5 nitrogen and oxygen atoms in total. The highest BCUT2D eigenvalue weighted by Crippen LogP contribution is 2.19. The largest absolute Gasteiger partial charge is 0.485 e. The predicted octanol–water partition coefficient (Wildman–Crippen LogP) is 3.51. The van der Waals surface area contributed by atoms with Gasteiger partial charge in [-0.05, 0) is 30.7 Å². The van der Waals surface area contributed by atoms with E-state index in [9.17, 15) is 9.59 Å². The molecule has 1 N–H and O–H groups in total. The summed E-state index contributed by atoms with van der Waals surface area (Å²) in [6.45, 7) is 7.62. The Morgan fingerprint density at radius 1 is 1.12 bits per heavy atom. The van der Waals surface area contributed by atoms with Gasteiger partial charge in [-0.25, -0.2) is 0 Å². The third-order valence-corrected chi connectivity index (χ3v) is 3.59. The lowest BCUT2D eigenvalue weighted by Gasteiger charge is -2.16. The summed E-state index contributed by atoms with van der Waals surface area (Å²) in [5.74, 6) is 1.04. The van der Waals surface area contributed by atoms with Gasteiger partial charge >= 0.3 is 0 Å². The van der Waals surface area contributed by atoms with Gasteiger partial charge in [0.1, 0.15) is 18.1 Å². The maximum atomic E-state index is 12.0. The van der Waals surface area contributed by atoms with Crippen molar-refractivity contribution >= 4 is 11.7 Å². The Bertz CT molecular complexity index is 725. The first kappa shape index (κ1) is 17.8. The predicted molar refractivity (Wildman–Crippen MR) is 91.0 cm³/mol. The highest BCUT2D eigenvalue weighted by molar-refractivity contribution is 5.95. The van der Waals surface area contributed by atoms with Gasteiger partial charge in [0.15, 0.2) is 11.5 Å². The van der Waals surface area contributed by atoms with Crippen LogP contribution in [0, 0.1) is 12.3 Å². The number of Topliss-reactive ketones (excluding diaryl/α,β-unsaturated/α-hetero) is 1. The third-order valence-electron chi connectivity index (χ3n) is 3.59. The van der Waals surface area contributed by atoms with Gasteiger partial charge in [-0.2, -0.15) is 0 Å². The number of aryl methyl sites for hydroxylation is 1. The maximum Gasteiger partial charge on any atom is 0.287 e. The molecule has 1 aromatic heterocycles. The lowest BCUT2D eigenvalue weighted by molar-refractivity contribution is -0.125. The minimum atomic E-state index is -0.483. The first-order chi connectivity index (χ1) is 11.3. The van der Waals surface area contributed by atoms with Crippen LogP contribution in [0.1, 0.15) is 42.6 Å². The van der Waals surface area contributed by atoms with Gasteiger partial charge in [-0.1, -0.05) is 39.0 Å². The number of para-hydroxylation sites is 1. The summed E-state index contributed by atoms with van der Waals surface area (Å²) < 4.78 is 11.2. The second-order valence-corrected chi connectivity index (χ2v) is 6.68. The molecule has 0 aliphatic carbocycles. The number of ether oxygens (including phenoxy) is 1. The standard InChI is InChI=1S/C19H23NO4/c1-13-7-5-6-8-15(13)23-12-14-9-10-16(24-14)18(22)20-11-17(21)19(2,3)4/h5-10H,11-12H2,1-4H3,(H,20,22). The van der Waals surface area contributed by atoms with Crippen LogP contribution in [0.3, 0.4) is 0 Å². The zero-order valence-electron chi connectivity index (χ0n) is 14.5. The maximum absolute atomic E-state index is 12.0. The van der Waals surface area contributed by atoms with E-state index in [1.807, 2.05) is 52.0 Å². The quantitative estimate of drug-likeness (QED) is 0.880. The van der Waals surface area contributed by atoms with E-state index in [1.165, 1.54) is 0 Å². The summed E-state index contributed by atoms with van der Waals surface area (Å²) in [6.07, 6.45) is 0. The molecule has 1 heterocycles. The molecule has 0 aliphatic rings. The average molecular weight is 329 g/mol. The van der Waals surface area contributed by atoms with E-state index in [1.54, 1.807) is 12.1 Å². The Labute approximate surface area is 142 Å². The lowest BCUT2D eigenvalue weighted by Crippen LogP contribution is -2.35. The van der Waals surface area contributed by atoms with E-state index in [4.69, 9.17) is 9.15 Å². The van der Waals surface area contributed by atoms with E-state index >= 15 is 0 Å². The minimum absolute atomic E-state index is 0.0158. The molecular weight excluding hydrogens is 306 g/mol. The van der Waals surface area contributed by atoms with Crippen molar-refractivity contribution in [1.29, 1.82) is 0 Å². The smallest absolute Gasteiger partial charge is 0.287 e. The zero-order chi connectivity index (χ0) is 17.7. The van der Waals surface area contributed by atoms with Crippen molar-refractivity contribution in [3.63, 3.8) is 0 Å². The molecule has 0 unspecified atom stereocenters. The fraction of sp³-hybridized carbons (Fsp3) is 0.368. The van der Waals surface area contributed by atoms with Crippen molar-refractivity contribution in [2.45, 2.75) is 34.3 Å². The van der Waals surface area contributed by atoms with Gasteiger partial charge in [0.25, 0.3) is 5.91 Å². The number of ketones is 1. The summed E-state index contributed by atoms with van der Waals surface area (Å²) in [6, 6.07) is 10.9. The number of carbonyl (C=O) groups is 2. The van der Waals surface area contributed by atoms with Crippen molar-refractivity contribution in [2.24, 2.45) is 5.41 Å². The molecule has 0 radical (unpaired) electrons. The van der Waals surface area contributed by atoms with Gasteiger partial charge in [0, 0.05) is 5.41 Å². The number of carbonyl (C=O) groups excluding carboxylic acids is 2. The molecular formula is C19H23NO4. The number of furan rings is 1. The minimum Gasteiger partial charge on any atom is -0.485 e. The van der Waals surface area contributed by atoms with Gasteiger partial charge in [0.05, 0.1) is 6.54 Å². The molecule has 0 atom stereocenters. The summed E-state index contributed by atoms with van der Waals surface area (Å²) in [5.41, 5.74) is 0.547. The third kappa shape index (κ3) is 4.72. The highest BCUT2D eigenvalue weighted by atomic mass is 16.5. The number of nitrogens with one attached hydrogen (secondary N) is 1. The molecule has 24 heavy (non-hydrogen) atoms. The van der Waals surface area contributed by atoms with Crippen LogP contribution < -0.4 is 10.1 Å². The van der Waals surface area contributed by atoms with Crippen molar-refractivity contribution in [3.8, 4) is 5.75 Å². The molecule has 2 rings (SSSR count). The van der Waals surface area contributed by atoms with Crippen LogP contribution in [0.2, 0.25) is 0 Å². The van der Waals surface area contributed by atoms with Gasteiger partial charge in [-0.3, -0.25) is 9.59 Å². The Kier molecular flexibility index (Phi) is 5.44. The average Bonchev–Trinajstić information content (AvgIpc) is 2.99. The molecule has 1 aromatic carbocycles. The lowest BCUT2D eigenvalue weighted by atomic mass is 9.91. The van der Waals surface area contributed by atoms with Crippen molar-refractivity contribution in [2.75, 3.05) is 6.54 Å². The summed E-state index contributed by atoms with van der Waals surface area (Å²) in [5, 5.41) is 2.58. The molecule has 0 spiro atoms. The first-order valence-corrected chi connectivity index (χ1v) is 7.86. The molecule has 0 bridgehead atoms. The topological polar surface area (TPSA) is 68.5 Å². The van der Waals surface area contributed by atoms with E-state index in [0.717, 1.165) is 11.3 Å². The van der Waals surface area contributed by atoms with Crippen molar-refractivity contribution in [3.05, 3.63) is 53.5 Å². The second-order valence-electron chi connectivity index (χ2n) is 6.68. The van der Waals surface area contributed by atoms with E-state index in [2.05, 4.69) is 5.32 Å². The number of hydrogen-bond donors (Lipinski definition) is 1. The van der Waals surface area contributed by atoms with Crippen molar-refractivity contribution < 1.29 is 18.7 Å². The number of rotatable bonds is 6. The number of hydrogen-bond acceptors (Lipinski definition) is 4. The van der Waals surface area contributed by atoms with Crippen LogP contribution in [0.25, 0.3) is 0 Å². The summed E-state index contributed by atoms with van der Waals surface area (Å²) in [4.78, 5) is 23.9. The van der Waals surface area contributed by atoms with Crippen LogP contribution in [0.5, 0.6) is 5.75 Å². The number of benzene rings is 1. The van der Waals surface area contributed by atoms with Crippen LogP contribution >= 0.6 is 0 Å². The second kappa shape index (κ2) is 7.34. The van der Waals surface area contributed by atoms with Crippen LogP contribution in [0.15, 0.2) is 40.8 Å². The normalized spacial score (nSPS) is 11.2. The Morgan fingerprint density at radius 3 is 2.50 bits per heavy atom. The van der Waals surface area contributed by atoms with Gasteiger partial charge in [-0.15, -0.1) is 0 Å². The molecule has 128 valence electrons. The Morgan fingerprint density at radius 2 is 1.83 bits per heavy atom. The highest BCUT2D eigenvalue weighted by Gasteiger charge is 2.22. The molecule has 0 fully saturated rings. The fourth-order valence-corrected chi connectivity index (χ4v) is 1.96.